The first-order chi connectivity index (χ1) is 7.91. The van der Waals surface area contributed by atoms with Crippen LogP contribution in [-0.2, 0) is 0 Å². The van der Waals surface area contributed by atoms with Gasteiger partial charge in [0.15, 0.2) is 0 Å². The molecule has 1 aromatic rings. The molecule has 0 bridgehead atoms. The number of halogens is 1. The van der Waals surface area contributed by atoms with Crippen LogP contribution in [0.25, 0.3) is 0 Å². The van der Waals surface area contributed by atoms with E-state index >= 15 is 0 Å². The molecule has 1 unspecified atom stereocenters. The number of phenolic OH excluding ortho intramolecular Hbond substituents is 1. The summed E-state index contributed by atoms with van der Waals surface area (Å²) in [6.45, 7) is 2.23. The Morgan fingerprint density at radius 2 is 2.29 bits per heavy atom. The van der Waals surface area contributed by atoms with Crippen molar-refractivity contribution < 1.29 is 9.90 Å². The zero-order chi connectivity index (χ0) is 13.0. The second-order valence-electron chi connectivity index (χ2n) is 3.68. The normalized spacial score (nSPS) is 11.9. The SMILES string of the molecule is CC(CNC(=O)c1ccc(I)c(O)c1)C(N)=S. The second kappa shape index (κ2) is 6.15. The van der Waals surface area contributed by atoms with Gasteiger partial charge in [0.25, 0.3) is 5.91 Å². The van der Waals surface area contributed by atoms with Crippen LogP contribution in [0, 0.1) is 9.49 Å². The molecule has 4 N–H and O–H groups in total. The molecule has 0 aliphatic heterocycles. The summed E-state index contributed by atoms with van der Waals surface area (Å²) in [5, 5.41) is 12.2. The van der Waals surface area contributed by atoms with Gasteiger partial charge in [-0.05, 0) is 40.8 Å². The monoisotopic (exact) mass is 364 g/mol. The number of hydrogen-bond donors (Lipinski definition) is 3. The van der Waals surface area contributed by atoms with Crippen LogP contribution in [0.1, 0.15) is 17.3 Å². The van der Waals surface area contributed by atoms with Gasteiger partial charge in [0.2, 0.25) is 0 Å². The molecule has 1 atom stereocenters. The summed E-state index contributed by atoms with van der Waals surface area (Å²) >= 11 is 6.80. The van der Waals surface area contributed by atoms with E-state index in [-0.39, 0.29) is 17.6 Å². The average molecular weight is 364 g/mol. The van der Waals surface area contributed by atoms with Crippen LogP contribution in [0.4, 0.5) is 0 Å². The fraction of sp³-hybridized carbons (Fsp3) is 0.273. The molecule has 0 aromatic heterocycles. The lowest BCUT2D eigenvalue weighted by atomic mass is 10.1. The number of hydrogen-bond acceptors (Lipinski definition) is 3. The van der Waals surface area contributed by atoms with Crippen LogP contribution in [0.3, 0.4) is 0 Å². The average Bonchev–Trinajstić information content (AvgIpc) is 2.28. The van der Waals surface area contributed by atoms with Gasteiger partial charge in [-0.15, -0.1) is 0 Å². The summed E-state index contributed by atoms with van der Waals surface area (Å²) in [6, 6.07) is 4.77. The third kappa shape index (κ3) is 4.12. The highest BCUT2D eigenvalue weighted by atomic mass is 127. The number of phenols is 1. The summed E-state index contributed by atoms with van der Waals surface area (Å²) in [7, 11) is 0. The van der Waals surface area contributed by atoms with Crippen molar-refractivity contribution in [2.75, 3.05) is 6.54 Å². The van der Waals surface area contributed by atoms with Crippen molar-refractivity contribution in [2.45, 2.75) is 6.92 Å². The molecule has 0 aliphatic carbocycles. The van der Waals surface area contributed by atoms with E-state index in [1.54, 1.807) is 12.1 Å². The number of aromatic hydroxyl groups is 1. The first-order valence-electron chi connectivity index (χ1n) is 4.98. The molecule has 92 valence electrons. The third-order valence-electron chi connectivity index (χ3n) is 2.26. The lowest BCUT2D eigenvalue weighted by Crippen LogP contribution is -2.33. The van der Waals surface area contributed by atoms with Crippen LogP contribution in [0.2, 0.25) is 0 Å². The molecule has 0 heterocycles. The third-order valence-corrected chi connectivity index (χ3v) is 3.58. The van der Waals surface area contributed by atoms with Crippen molar-refractivity contribution in [3.8, 4) is 5.75 Å². The van der Waals surface area contributed by atoms with E-state index in [1.807, 2.05) is 29.5 Å². The largest absolute Gasteiger partial charge is 0.507 e. The standard InChI is InChI=1S/C11H13IN2O2S/c1-6(10(13)17)5-14-11(16)7-2-3-8(12)9(15)4-7/h2-4,6,15H,5H2,1H3,(H2,13,17)(H,14,16). The summed E-state index contributed by atoms with van der Waals surface area (Å²) in [5.41, 5.74) is 5.86. The molecular weight excluding hydrogens is 351 g/mol. The van der Waals surface area contributed by atoms with Gasteiger partial charge in [0.1, 0.15) is 5.75 Å². The number of nitrogens with one attached hydrogen (secondary N) is 1. The van der Waals surface area contributed by atoms with Gasteiger partial charge >= 0.3 is 0 Å². The van der Waals surface area contributed by atoms with E-state index in [1.165, 1.54) is 6.07 Å². The van der Waals surface area contributed by atoms with Gasteiger partial charge in [-0.25, -0.2) is 0 Å². The Morgan fingerprint density at radius 3 is 2.82 bits per heavy atom. The lowest BCUT2D eigenvalue weighted by Gasteiger charge is -2.11. The quantitative estimate of drug-likeness (QED) is 0.561. The molecular formula is C11H13IN2O2S. The highest BCUT2D eigenvalue weighted by molar-refractivity contribution is 14.1. The van der Waals surface area contributed by atoms with E-state index in [4.69, 9.17) is 18.0 Å². The molecule has 0 saturated carbocycles. The molecule has 0 spiro atoms. The maximum absolute atomic E-state index is 11.7. The molecule has 17 heavy (non-hydrogen) atoms. The number of rotatable bonds is 4. The van der Waals surface area contributed by atoms with Crippen molar-refractivity contribution in [3.05, 3.63) is 27.3 Å². The Balaban J connectivity index is 2.64. The number of carbonyl (C=O) groups excluding carboxylic acids is 1. The number of benzene rings is 1. The van der Waals surface area contributed by atoms with E-state index in [2.05, 4.69) is 5.32 Å². The Bertz CT molecular complexity index is 451. The predicted molar refractivity (Wildman–Crippen MR) is 79.1 cm³/mol. The first-order valence-corrected chi connectivity index (χ1v) is 6.46. The van der Waals surface area contributed by atoms with Gasteiger partial charge in [0, 0.05) is 18.0 Å². The zero-order valence-corrected chi connectivity index (χ0v) is 12.2. The van der Waals surface area contributed by atoms with E-state index < -0.39 is 0 Å². The summed E-state index contributed by atoms with van der Waals surface area (Å²) in [6.07, 6.45) is 0. The van der Waals surface area contributed by atoms with Crippen molar-refractivity contribution >= 4 is 45.7 Å². The topological polar surface area (TPSA) is 75.3 Å². The minimum atomic E-state index is -0.250. The summed E-state index contributed by atoms with van der Waals surface area (Å²) in [4.78, 5) is 12.1. The molecule has 1 rings (SSSR count). The van der Waals surface area contributed by atoms with Crippen LogP contribution in [0.5, 0.6) is 5.75 Å². The predicted octanol–water partition coefficient (Wildman–Crippen LogP) is 1.65. The summed E-state index contributed by atoms with van der Waals surface area (Å²) < 4.78 is 0.704. The van der Waals surface area contributed by atoms with Gasteiger partial charge < -0.3 is 16.2 Å². The van der Waals surface area contributed by atoms with Gasteiger partial charge in [-0.2, -0.15) is 0 Å². The highest BCUT2D eigenvalue weighted by Gasteiger charge is 2.10. The molecule has 6 heteroatoms. The van der Waals surface area contributed by atoms with Gasteiger partial charge in [-0.1, -0.05) is 19.1 Å². The molecule has 1 amide bonds. The maximum Gasteiger partial charge on any atom is 0.251 e. The van der Waals surface area contributed by atoms with Crippen molar-refractivity contribution in [3.63, 3.8) is 0 Å². The number of thiocarbonyl (C=S) groups is 1. The fourth-order valence-electron chi connectivity index (χ4n) is 1.10. The number of nitrogens with two attached hydrogens (primary N) is 1. The van der Waals surface area contributed by atoms with Crippen molar-refractivity contribution in [1.82, 2.24) is 5.32 Å². The van der Waals surface area contributed by atoms with Crippen LogP contribution >= 0.6 is 34.8 Å². The molecule has 0 aliphatic rings. The first kappa shape index (κ1) is 14.2. The Hall–Kier alpha value is -0.890. The molecule has 0 radical (unpaired) electrons. The van der Waals surface area contributed by atoms with Crippen LogP contribution in [-0.4, -0.2) is 22.5 Å². The molecule has 1 aromatic carbocycles. The van der Waals surface area contributed by atoms with Crippen molar-refractivity contribution in [2.24, 2.45) is 11.7 Å². The lowest BCUT2D eigenvalue weighted by molar-refractivity contribution is 0.0951. The molecule has 4 nitrogen and oxygen atoms in total. The van der Waals surface area contributed by atoms with Crippen molar-refractivity contribution in [1.29, 1.82) is 0 Å². The van der Waals surface area contributed by atoms with E-state index in [0.29, 0.717) is 20.7 Å². The Labute approximate surface area is 119 Å². The second-order valence-corrected chi connectivity index (χ2v) is 5.31. The Kier molecular flexibility index (Phi) is 5.13. The van der Waals surface area contributed by atoms with Crippen LogP contribution < -0.4 is 11.1 Å². The number of amides is 1. The van der Waals surface area contributed by atoms with Gasteiger partial charge in [-0.3, -0.25) is 4.79 Å². The Morgan fingerprint density at radius 1 is 1.65 bits per heavy atom. The molecule has 0 saturated heterocycles. The maximum atomic E-state index is 11.7. The smallest absolute Gasteiger partial charge is 0.251 e. The van der Waals surface area contributed by atoms with E-state index in [0.717, 1.165) is 0 Å². The number of carbonyl (C=O) groups is 1. The fourth-order valence-corrected chi connectivity index (χ4v) is 1.52. The minimum Gasteiger partial charge on any atom is -0.507 e. The minimum absolute atomic E-state index is 0.0496. The van der Waals surface area contributed by atoms with Gasteiger partial charge in [0.05, 0.1) is 8.56 Å². The van der Waals surface area contributed by atoms with Crippen LogP contribution in [0.15, 0.2) is 18.2 Å². The highest BCUT2D eigenvalue weighted by Crippen LogP contribution is 2.20. The molecule has 0 fully saturated rings. The zero-order valence-electron chi connectivity index (χ0n) is 9.24. The summed E-state index contributed by atoms with van der Waals surface area (Å²) in [5.74, 6) is -0.202. The van der Waals surface area contributed by atoms with E-state index in [9.17, 15) is 9.90 Å².